The fourth-order valence-electron chi connectivity index (χ4n) is 4.08. The van der Waals surface area contributed by atoms with Crippen molar-refractivity contribution < 1.29 is 9.90 Å². The van der Waals surface area contributed by atoms with Crippen LogP contribution in [0.15, 0.2) is 17.7 Å². The lowest BCUT2D eigenvalue weighted by Gasteiger charge is -2.21. The average Bonchev–Trinajstić information content (AvgIpc) is 2.78. The van der Waals surface area contributed by atoms with Gasteiger partial charge in [-0.05, 0) is 69.0 Å². The number of allylic oxidation sites excluding steroid dienone is 1. The van der Waals surface area contributed by atoms with Crippen molar-refractivity contribution in [3.63, 3.8) is 0 Å². The Balaban J connectivity index is 2.53. The summed E-state index contributed by atoms with van der Waals surface area (Å²) in [5.41, 5.74) is 4.54. The first-order valence-corrected chi connectivity index (χ1v) is 13.8. The summed E-state index contributed by atoms with van der Waals surface area (Å²) in [5, 5.41) is 13.2. The molecule has 0 radical (unpaired) electrons. The molecule has 3 nitrogen and oxygen atoms in total. The van der Waals surface area contributed by atoms with E-state index in [1.165, 1.54) is 69.8 Å². The number of benzene rings is 1. The Hall–Kier alpha value is -1.42. The molecule has 182 valence electrons. The first kappa shape index (κ1) is 28.6. The van der Waals surface area contributed by atoms with Gasteiger partial charge in [-0.2, -0.15) is 0 Å². The Morgan fingerprint density at radius 1 is 0.969 bits per heavy atom. The molecule has 1 amide bonds. The molecule has 0 unspecified atom stereocenters. The molecule has 1 rings (SSSR count). The Kier molecular flexibility index (Phi) is 14.5. The van der Waals surface area contributed by atoms with Crippen molar-refractivity contribution in [2.24, 2.45) is 0 Å². The summed E-state index contributed by atoms with van der Waals surface area (Å²) in [5.74, 6) is 1.37. The predicted molar refractivity (Wildman–Crippen MR) is 143 cm³/mol. The zero-order valence-corrected chi connectivity index (χ0v) is 22.3. The quantitative estimate of drug-likeness (QED) is 0.147. The highest BCUT2D eigenvalue weighted by Gasteiger charge is 2.23. The largest absolute Gasteiger partial charge is 0.507 e. The van der Waals surface area contributed by atoms with Crippen LogP contribution in [0.1, 0.15) is 108 Å². The van der Waals surface area contributed by atoms with Crippen molar-refractivity contribution in [2.75, 3.05) is 11.1 Å². The molecule has 0 fully saturated rings. The zero-order valence-electron chi connectivity index (χ0n) is 21.5. The van der Waals surface area contributed by atoms with E-state index in [1.807, 2.05) is 33.8 Å². The molecule has 2 N–H and O–H groups in total. The summed E-state index contributed by atoms with van der Waals surface area (Å²) in [4.78, 5) is 13.2. The predicted octanol–water partition coefficient (Wildman–Crippen LogP) is 8.63. The van der Waals surface area contributed by atoms with E-state index in [0.29, 0.717) is 5.75 Å². The second-order valence-electron chi connectivity index (χ2n) is 8.98. The lowest BCUT2D eigenvalue weighted by molar-refractivity contribution is -0.115. The number of unbranched alkanes of at least 4 members (excludes halogenated alkanes) is 9. The van der Waals surface area contributed by atoms with Crippen LogP contribution in [0, 0.1) is 20.8 Å². The number of carbonyl (C=O) groups excluding carboxylic acids is 1. The average molecular weight is 462 g/mol. The van der Waals surface area contributed by atoms with Gasteiger partial charge in [-0.15, -0.1) is 11.8 Å². The summed E-state index contributed by atoms with van der Waals surface area (Å²) in [6.07, 6.45) is 16.3. The lowest BCUT2D eigenvalue weighted by atomic mass is 10.0. The summed E-state index contributed by atoms with van der Waals surface area (Å²) >= 11 is 1.77. The molecule has 0 aliphatic carbocycles. The monoisotopic (exact) mass is 461 g/mol. The number of rotatable bonds is 16. The van der Waals surface area contributed by atoms with Crippen LogP contribution in [0.3, 0.4) is 0 Å². The Labute approximate surface area is 201 Å². The third kappa shape index (κ3) is 9.60. The third-order valence-electron chi connectivity index (χ3n) is 6.45. The van der Waals surface area contributed by atoms with Crippen LogP contribution in [-0.2, 0) is 4.79 Å². The van der Waals surface area contributed by atoms with E-state index in [0.717, 1.165) is 34.6 Å². The van der Waals surface area contributed by atoms with E-state index in [4.69, 9.17) is 0 Å². The summed E-state index contributed by atoms with van der Waals surface area (Å²) in [6.45, 7) is 12.1. The number of phenolic OH excluding ortho intramolecular Hbond substituents is 1. The van der Waals surface area contributed by atoms with Gasteiger partial charge in [-0.1, -0.05) is 83.3 Å². The van der Waals surface area contributed by atoms with Crippen LogP contribution in [0.4, 0.5) is 5.69 Å². The number of phenols is 1. The van der Waals surface area contributed by atoms with E-state index in [-0.39, 0.29) is 11.2 Å². The fourth-order valence-corrected chi connectivity index (χ4v) is 5.41. The van der Waals surface area contributed by atoms with Gasteiger partial charge in [-0.25, -0.2) is 0 Å². The van der Waals surface area contributed by atoms with E-state index >= 15 is 0 Å². The van der Waals surface area contributed by atoms with E-state index in [2.05, 4.69) is 25.2 Å². The maximum Gasteiger partial charge on any atom is 0.241 e. The van der Waals surface area contributed by atoms with E-state index in [9.17, 15) is 9.90 Å². The van der Waals surface area contributed by atoms with Gasteiger partial charge < -0.3 is 10.4 Å². The number of aromatic hydroxyl groups is 1. The van der Waals surface area contributed by atoms with Crippen molar-refractivity contribution in [3.05, 3.63) is 34.4 Å². The Morgan fingerprint density at radius 2 is 1.53 bits per heavy atom. The molecule has 4 heteroatoms. The maximum absolute atomic E-state index is 13.2. The molecule has 0 saturated heterocycles. The number of amides is 1. The van der Waals surface area contributed by atoms with Crippen molar-refractivity contribution in [1.29, 1.82) is 0 Å². The fraction of sp³-hybridized carbons (Fsp3) is 0.679. The lowest BCUT2D eigenvalue weighted by Crippen LogP contribution is -2.28. The number of nitrogens with one attached hydrogen (secondary N) is 1. The Bertz CT molecular complexity index is 727. The number of hydrogen-bond donors (Lipinski definition) is 2. The zero-order chi connectivity index (χ0) is 23.9. The smallest absolute Gasteiger partial charge is 0.241 e. The summed E-state index contributed by atoms with van der Waals surface area (Å²) in [7, 11) is 0. The van der Waals surface area contributed by atoms with Gasteiger partial charge in [0, 0.05) is 5.69 Å². The first-order chi connectivity index (χ1) is 15.4. The molecule has 32 heavy (non-hydrogen) atoms. The summed E-state index contributed by atoms with van der Waals surface area (Å²) in [6, 6.07) is 1.88. The number of carbonyl (C=O) groups is 1. The highest BCUT2D eigenvalue weighted by atomic mass is 32.2. The molecule has 0 heterocycles. The molecule has 0 aliphatic rings. The molecular weight excluding hydrogens is 414 g/mol. The minimum absolute atomic E-state index is 0.0459. The van der Waals surface area contributed by atoms with E-state index in [1.54, 1.807) is 11.8 Å². The van der Waals surface area contributed by atoms with Crippen LogP contribution in [0.25, 0.3) is 0 Å². The van der Waals surface area contributed by atoms with Crippen LogP contribution in [0.2, 0.25) is 0 Å². The molecule has 0 aliphatic heterocycles. The van der Waals surface area contributed by atoms with Gasteiger partial charge in [0.25, 0.3) is 0 Å². The van der Waals surface area contributed by atoms with Gasteiger partial charge in [0.15, 0.2) is 0 Å². The summed E-state index contributed by atoms with van der Waals surface area (Å²) < 4.78 is 0. The van der Waals surface area contributed by atoms with Crippen LogP contribution >= 0.6 is 11.8 Å². The molecule has 0 aromatic heterocycles. The van der Waals surface area contributed by atoms with Gasteiger partial charge in [0.2, 0.25) is 5.91 Å². The SMILES string of the molecule is C/C=C(\CC)[C@H](SCCCCCCCCCCCC)C(=O)Nc1cc(C)c(O)c(C)c1C. The second-order valence-corrected chi connectivity index (χ2v) is 10.2. The number of anilines is 1. The van der Waals surface area contributed by atoms with Crippen LogP contribution < -0.4 is 5.32 Å². The van der Waals surface area contributed by atoms with Gasteiger partial charge in [0.05, 0.1) is 0 Å². The normalized spacial score (nSPS) is 12.8. The van der Waals surface area contributed by atoms with Crippen LogP contribution in [0.5, 0.6) is 5.75 Å². The second kappa shape index (κ2) is 16.2. The maximum atomic E-state index is 13.2. The number of hydrogen-bond acceptors (Lipinski definition) is 3. The molecular formula is C28H47NO2S. The van der Waals surface area contributed by atoms with Gasteiger partial charge >= 0.3 is 0 Å². The molecule has 1 aromatic carbocycles. The van der Waals surface area contributed by atoms with Gasteiger partial charge in [-0.3, -0.25) is 4.79 Å². The number of aryl methyl sites for hydroxylation is 1. The van der Waals surface area contributed by atoms with E-state index < -0.39 is 0 Å². The highest BCUT2D eigenvalue weighted by molar-refractivity contribution is 8.00. The van der Waals surface area contributed by atoms with Gasteiger partial charge in [0.1, 0.15) is 11.0 Å². The minimum Gasteiger partial charge on any atom is -0.507 e. The first-order valence-electron chi connectivity index (χ1n) is 12.7. The number of thioether (sulfide) groups is 1. The highest BCUT2D eigenvalue weighted by Crippen LogP contribution is 2.32. The van der Waals surface area contributed by atoms with Crippen molar-refractivity contribution in [2.45, 2.75) is 117 Å². The molecule has 0 bridgehead atoms. The van der Waals surface area contributed by atoms with Crippen molar-refractivity contribution >= 4 is 23.4 Å². The minimum atomic E-state index is -0.155. The molecule has 0 saturated carbocycles. The molecule has 1 atom stereocenters. The third-order valence-corrected chi connectivity index (χ3v) is 7.82. The van der Waals surface area contributed by atoms with Crippen LogP contribution in [-0.4, -0.2) is 22.0 Å². The molecule has 0 spiro atoms. The van der Waals surface area contributed by atoms with Crippen molar-refractivity contribution in [3.8, 4) is 5.75 Å². The molecule has 1 aromatic rings. The van der Waals surface area contributed by atoms with Crippen molar-refractivity contribution in [1.82, 2.24) is 0 Å². The standard InChI is InChI=1S/C28H47NO2S/c1-7-10-11-12-13-14-15-16-17-18-19-32-27(24(8-2)9-3)28(31)29-25-20-21(4)26(30)23(6)22(25)5/h8,20,27,30H,7,9-19H2,1-6H3,(H,29,31)/b24-8+/t27-/m0/s1. The Morgan fingerprint density at radius 3 is 2.06 bits per heavy atom. The topological polar surface area (TPSA) is 49.3 Å².